The zero-order valence-corrected chi connectivity index (χ0v) is 24.9. The summed E-state index contributed by atoms with van der Waals surface area (Å²) in [5, 5.41) is 2.38. The lowest BCUT2D eigenvalue weighted by Gasteiger charge is -2.52. The van der Waals surface area contributed by atoms with E-state index in [0.717, 1.165) is 11.2 Å². The molecule has 1 saturated carbocycles. The van der Waals surface area contributed by atoms with E-state index in [4.69, 9.17) is 4.42 Å². The summed E-state index contributed by atoms with van der Waals surface area (Å²) < 4.78 is 6.85. The highest BCUT2D eigenvalue weighted by Gasteiger charge is 2.61. The number of hydrogen-bond acceptors (Lipinski definition) is 3. The van der Waals surface area contributed by atoms with Gasteiger partial charge in [0.25, 0.3) is 6.71 Å². The molecule has 2 unspecified atom stereocenters. The van der Waals surface area contributed by atoms with E-state index in [1.165, 1.54) is 92.4 Å². The predicted octanol–water partition coefficient (Wildman–Crippen LogP) is 8.25. The molecule has 5 aromatic carbocycles. The first-order valence-corrected chi connectivity index (χ1v) is 15.9. The average molecular weight is 557 g/mol. The van der Waals surface area contributed by atoms with Gasteiger partial charge in [-0.2, -0.15) is 0 Å². The van der Waals surface area contributed by atoms with Gasteiger partial charge in [-0.3, -0.25) is 0 Å². The van der Waals surface area contributed by atoms with Gasteiger partial charge in [0.05, 0.1) is 5.54 Å². The summed E-state index contributed by atoms with van der Waals surface area (Å²) in [5.74, 6) is 0. The van der Waals surface area contributed by atoms with Crippen LogP contribution < -0.4 is 26.2 Å². The van der Waals surface area contributed by atoms with Gasteiger partial charge in [0.2, 0.25) is 0 Å². The summed E-state index contributed by atoms with van der Waals surface area (Å²) >= 11 is 0. The molecule has 0 amide bonds. The zero-order chi connectivity index (χ0) is 28.7. The third-order valence-corrected chi connectivity index (χ3v) is 11.6. The van der Waals surface area contributed by atoms with Crippen molar-refractivity contribution >= 4 is 73.5 Å². The number of nitrogens with zero attached hydrogens (tertiary/aromatic N) is 2. The Balaban J connectivity index is 1.39. The summed E-state index contributed by atoms with van der Waals surface area (Å²) in [7, 11) is 0. The number of benzene rings is 5. The van der Waals surface area contributed by atoms with Gasteiger partial charge in [-0.25, -0.2) is 0 Å². The van der Waals surface area contributed by atoms with E-state index in [1.807, 2.05) is 0 Å². The second-order valence-corrected chi connectivity index (χ2v) is 13.7. The largest absolute Gasteiger partial charge is 0.457 e. The predicted molar refractivity (Wildman–Crippen MR) is 181 cm³/mol. The van der Waals surface area contributed by atoms with Crippen molar-refractivity contribution in [2.75, 3.05) is 9.80 Å². The van der Waals surface area contributed by atoms with Crippen LogP contribution in [-0.4, -0.2) is 12.3 Å². The molecule has 1 aromatic heterocycles. The molecule has 3 aliphatic heterocycles. The molecule has 0 radical (unpaired) electrons. The summed E-state index contributed by atoms with van der Waals surface area (Å²) in [6.45, 7) is 7.46. The van der Waals surface area contributed by atoms with E-state index < -0.39 is 0 Å². The van der Waals surface area contributed by atoms with Crippen molar-refractivity contribution in [3.05, 3.63) is 108 Å². The molecule has 1 fully saturated rings. The molecule has 0 N–H and O–H groups in total. The lowest BCUT2D eigenvalue weighted by atomic mass is 9.33. The first-order valence-electron chi connectivity index (χ1n) is 15.9. The van der Waals surface area contributed by atoms with E-state index in [0.29, 0.717) is 0 Å². The van der Waals surface area contributed by atoms with Crippen molar-refractivity contribution in [2.45, 2.75) is 57.4 Å². The second kappa shape index (κ2) is 7.93. The molecule has 208 valence electrons. The van der Waals surface area contributed by atoms with Gasteiger partial charge in [-0.1, -0.05) is 74.4 Å². The highest BCUT2D eigenvalue weighted by atomic mass is 16.3. The molecule has 43 heavy (non-hydrogen) atoms. The van der Waals surface area contributed by atoms with E-state index in [1.54, 1.807) is 0 Å². The quantitative estimate of drug-likeness (QED) is 0.190. The Kier molecular flexibility index (Phi) is 4.44. The van der Waals surface area contributed by atoms with Crippen molar-refractivity contribution in [1.29, 1.82) is 0 Å². The lowest BCUT2D eigenvalue weighted by Crippen LogP contribution is -2.64. The number of anilines is 5. The maximum Gasteiger partial charge on any atom is 0.257 e. The Hall–Kier alpha value is -4.44. The third-order valence-electron chi connectivity index (χ3n) is 11.6. The molecule has 1 aliphatic carbocycles. The summed E-state index contributed by atoms with van der Waals surface area (Å²) in [6, 6.07) is 36.1. The number of furan rings is 1. The Labute approximate surface area is 252 Å². The number of fused-ring (bicyclic) bond motifs is 11. The van der Waals surface area contributed by atoms with Gasteiger partial charge in [0, 0.05) is 44.6 Å². The number of aryl methyl sites for hydroxylation is 1. The number of rotatable bonds is 1. The van der Waals surface area contributed by atoms with Crippen LogP contribution in [0.1, 0.15) is 50.7 Å². The zero-order valence-electron chi connectivity index (χ0n) is 24.9. The van der Waals surface area contributed by atoms with Crippen molar-refractivity contribution in [1.82, 2.24) is 0 Å². The monoisotopic (exact) mass is 556 g/mol. The topological polar surface area (TPSA) is 19.6 Å². The van der Waals surface area contributed by atoms with Crippen LogP contribution in [0.3, 0.4) is 0 Å². The van der Waals surface area contributed by atoms with Crippen molar-refractivity contribution in [3.8, 4) is 0 Å². The van der Waals surface area contributed by atoms with Crippen LogP contribution in [0.15, 0.2) is 101 Å². The molecule has 4 heterocycles. The molecule has 0 bridgehead atoms. The molecule has 0 spiro atoms. The first-order chi connectivity index (χ1) is 21.0. The number of para-hydroxylation sites is 3. The molecule has 4 aliphatic rings. The van der Waals surface area contributed by atoms with Crippen molar-refractivity contribution in [3.63, 3.8) is 0 Å². The highest BCUT2D eigenvalue weighted by Crippen LogP contribution is 2.61. The van der Waals surface area contributed by atoms with E-state index in [-0.39, 0.29) is 17.7 Å². The summed E-state index contributed by atoms with van der Waals surface area (Å²) in [6.07, 6.45) is 5.01. The fourth-order valence-corrected chi connectivity index (χ4v) is 9.54. The normalized spacial score (nSPS) is 22.9. The van der Waals surface area contributed by atoms with Crippen LogP contribution in [0.25, 0.3) is 21.9 Å². The highest BCUT2D eigenvalue weighted by molar-refractivity contribution is 7.01. The molecule has 4 heteroatoms. The molecule has 2 atom stereocenters. The van der Waals surface area contributed by atoms with E-state index >= 15 is 0 Å². The van der Waals surface area contributed by atoms with Crippen molar-refractivity contribution < 1.29 is 4.42 Å². The van der Waals surface area contributed by atoms with Crippen LogP contribution in [0.5, 0.6) is 0 Å². The molecule has 0 saturated heterocycles. The van der Waals surface area contributed by atoms with Gasteiger partial charge in [-0.05, 0) is 96.7 Å². The first kappa shape index (κ1) is 24.1. The SMILES string of the molecule is Cc1cc2c3c(c1)N1c4c(cccc4C4(C)CCCCC14C)B3c1c(ccc3c1oc1ccccc13)N2c1ccccc1. The van der Waals surface area contributed by atoms with Crippen LogP contribution >= 0.6 is 0 Å². The number of hydrogen-bond donors (Lipinski definition) is 0. The molecule has 10 rings (SSSR count). The minimum atomic E-state index is 0.0272. The Bertz CT molecular complexity index is 2170. The van der Waals surface area contributed by atoms with Crippen LogP contribution in [0.2, 0.25) is 0 Å². The fraction of sp³-hybridized carbons (Fsp3) is 0.231. The smallest absolute Gasteiger partial charge is 0.257 e. The van der Waals surface area contributed by atoms with Crippen LogP contribution in [0.4, 0.5) is 28.4 Å². The maximum absolute atomic E-state index is 6.85. The Morgan fingerprint density at radius 3 is 2.40 bits per heavy atom. The van der Waals surface area contributed by atoms with Crippen molar-refractivity contribution in [2.24, 2.45) is 0 Å². The Morgan fingerprint density at radius 2 is 1.51 bits per heavy atom. The molecule has 3 nitrogen and oxygen atoms in total. The van der Waals surface area contributed by atoms with E-state index in [2.05, 4.69) is 128 Å². The second-order valence-electron chi connectivity index (χ2n) is 13.7. The minimum Gasteiger partial charge on any atom is -0.457 e. The van der Waals surface area contributed by atoms with Gasteiger partial charge in [0.15, 0.2) is 0 Å². The van der Waals surface area contributed by atoms with Gasteiger partial charge >= 0.3 is 0 Å². The minimum absolute atomic E-state index is 0.0272. The average Bonchev–Trinajstić information content (AvgIpc) is 3.50. The lowest BCUT2D eigenvalue weighted by molar-refractivity contribution is 0.195. The molecule has 6 aromatic rings. The maximum atomic E-state index is 6.85. The fourth-order valence-electron chi connectivity index (χ4n) is 9.54. The van der Waals surface area contributed by atoms with Gasteiger partial charge < -0.3 is 14.2 Å². The Morgan fingerprint density at radius 1 is 0.721 bits per heavy atom. The van der Waals surface area contributed by atoms with Gasteiger partial charge in [-0.15, -0.1) is 0 Å². The van der Waals surface area contributed by atoms with E-state index in [9.17, 15) is 0 Å². The van der Waals surface area contributed by atoms with Crippen LogP contribution in [-0.2, 0) is 5.41 Å². The summed E-state index contributed by atoms with van der Waals surface area (Å²) in [4.78, 5) is 5.30. The van der Waals surface area contributed by atoms with Gasteiger partial charge in [0.1, 0.15) is 11.2 Å². The summed E-state index contributed by atoms with van der Waals surface area (Å²) in [5.41, 5.74) is 15.6. The third kappa shape index (κ3) is 2.75. The van der Waals surface area contributed by atoms with Crippen LogP contribution in [0, 0.1) is 6.92 Å². The standard InChI is InChI=1S/C39H33BN2O/c1-24-22-31-34-32(23-24)42-36-28(38(2)20-9-10-21-39(38,42)3)15-11-16-29(36)40(34)35-30(41(31)25-12-5-4-6-13-25)19-18-27-26-14-7-8-17-33(26)43-37(27)35/h4-8,11-19,22-23H,9-10,20-21H2,1-3H3. The molecular formula is C39H33BN2O. The molecular weight excluding hydrogens is 523 g/mol.